The minimum Gasteiger partial charge on any atom is -0.507 e. The second-order valence-corrected chi connectivity index (χ2v) is 11.8. The summed E-state index contributed by atoms with van der Waals surface area (Å²) < 4.78 is 16.5. The number of ether oxygens (including phenoxy) is 3. The van der Waals surface area contributed by atoms with E-state index >= 15 is 0 Å². The maximum absolute atomic E-state index is 13.7. The van der Waals surface area contributed by atoms with E-state index in [1.807, 2.05) is 38.1 Å². The third-order valence-corrected chi connectivity index (χ3v) is 7.44. The molecule has 3 aromatic rings. The van der Waals surface area contributed by atoms with Crippen molar-refractivity contribution in [2.45, 2.75) is 52.2 Å². The number of ketones is 1. The molecule has 1 aliphatic rings. The number of amides is 1. The molecule has 0 aromatic heterocycles. The fourth-order valence-corrected chi connectivity index (χ4v) is 5.52. The molecule has 1 unspecified atom stereocenters. The fraction of sp³-hybridized carbons (Fsp3) is 0.312. The van der Waals surface area contributed by atoms with Crippen molar-refractivity contribution in [3.8, 4) is 17.2 Å². The smallest absolute Gasteiger partial charge is 0.300 e. The van der Waals surface area contributed by atoms with Crippen molar-refractivity contribution >= 4 is 46.3 Å². The number of rotatable bonds is 7. The van der Waals surface area contributed by atoms with Crippen LogP contribution in [0.1, 0.15) is 57.4 Å². The van der Waals surface area contributed by atoms with E-state index in [1.54, 1.807) is 24.3 Å². The maximum Gasteiger partial charge on any atom is 0.300 e. The molecule has 0 saturated carbocycles. The molecule has 1 N–H and O–H groups in total. The van der Waals surface area contributed by atoms with Crippen LogP contribution in [0, 0.1) is 0 Å². The summed E-state index contributed by atoms with van der Waals surface area (Å²) in [7, 11) is 2.77. The Bertz CT molecular complexity index is 1510. The normalized spacial score (nSPS) is 16.8. The molecule has 0 bridgehead atoms. The molecule has 0 aliphatic carbocycles. The first-order chi connectivity index (χ1) is 19.3. The van der Waals surface area contributed by atoms with Gasteiger partial charge in [-0.1, -0.05) is 68.2 Å². The highest BCUT2D eigenvalue weighted by Gasteiger charge is 2.47. The van der Waals surface area contributed by atoms with Crippen LogP contribution in [0.25, 0.3) is 5.76 Å². The van der Waals surface area contributed by atoms with E-state index in [0.29, 0.717) is 17.0 Å². The minimum absolute atomic E-state index is 0.0186. The van der Waals surface area contributed by atoms with E-state index in [2.05, 4.69) is 20.8 Å². The van der Waals surface area contributed by atoms with Crippen molar-refractivity contribution in [2.75, 3.05) is 19.1 Å². The highest BCUT2D eigenvalue weighted by molar-refractivity contribution is 6.52. The number of nitrogens with zero attached hydrogens (tertiary/aromatic N) is 1. The number of aliphatic hydroxyl groups excluding tert-OH is 1. The Labute approximate surface area is 250 Å². The zero-order chi connectivity index (χ0) is 30.2. The van der Waals surface area contributed by atoms with Gasteiger partial charge in [-0.05, 0) is 60.7 Å². The second-order valence-electron chi connectivity index (χ2n) is 11.0. The quantitative estimate of drug-likeness (QED) is 0.170. The lowest BCUT2D eigenvalue weighted by Crippen LogP contribution is -2.29. The van der Waals surface area contributed by atoms with E-state index < -0.39 is 23.5 Å². The van der Waals surface area contributed by atoms with Crippen LogP contribution in [0.4, 0.5) is 5.69 Å². The van der Waals surface area contributed by atoms with Gasteiger partial charge in [-0.2, -0.15) is 0 Å². The Morgan fingerprint density at radius 2 is 1.51 bits per heavy atom. The number of benzene rings is 3. The number of aliphatic hydroxyl groups is 1. The van der Waals surface area contributed by atoms with Crippen molar-refractivity contribution in [1.82, 2.24) is 0 Å². The van der Waals surface area contributed by atoms with E-state index in [1.165, 1.54) is 25.2 Å². The van der Waals surface area contributed by atoms with E-state index in [9.17, 15) is 14.7 Å². The van der Waals surface area contributed by atoms with Crippen molar-refractivity contribution in [3.63, 3.8) is 0 Å². The van der Waals surface area contributed by atoms with E-state index in [4.69, 9.17) is 37.4 Å². The van der Waals surface area contributed by atoms with Gasteiger partial charge in [0.1, 0.15) is 16.5 Å². The summed E-state index contributed by atoms with van der Waals surface area (Å²) in [5.74, 6) is -1.30. The van der Waals surface area contributed by atoms with Gasteiger partial charge in [0, 0.05) is 5.69 Å². The van der Waals surface area contributed by atoms with Crippen LogP contribution in [0.2, 0.25) is 10.0 Å². The Balaban J connectivity index is 1.96. The third-order valence-electron chi connectivity index (χ3n) is 6.82. The van der Waals surface area contributed by atoms with Gasteiger partial charge in [-0.15, -0.1) is 0 Å². The van der Waals surface area contributed by atoms with Crippen LogP contribution >= 0.6 is 23.2 Å². The molecular formula is C32H33Cl2NO6. The SMILES string of the molecule is COc1c(Cl)cc(/C(O)=C2\C(=O)C(=O)N(c3ccc(OC(C)C)cc3)C2c2ccc(C(C)(C)C)cc2)c(OC)c1Cl. The molecule has 1 amide bonds. The molecule has 1 heterocycles. The molecule has 216 valence electrons. The van der Waals surface area contributed by atoms with Crippen molar-refractivity contribution in [1.29, 1.82) is 0 Å². The zero-order valence-corrected chi connectivity index (χ0v) is 25.6. The van der Waals surface area contributed by atoms with Crippen LogP contribution < -0.4 is 19.1 Å². The van der Waals surface area contributed by atoms with Gasteiger partial charge in [0.05, 0.1) is 42.5 Å². The average molecular weight is 599 g/mol. The fourth-order valence-electron chi connectivity index (χ4n) is 4.83. The molecule has 4 rings (SSSR count). The summed E-state index contributed by atoms with van der Waals surface area (Å²) in [6, 6.07) is 15.0. The van der Waals surface area contributed by atoms with Gasteiger partial charge >= 0.3 is 0 Å². The van der Waals surface area contributed by atoms with Gasteiger partial charge in [0.15, 0.2) is 11.5 Å². The number of carbonyl (C=O) groups excluding carboxylic acids is 2. The molecule has 9 heteroatoms. The van der Waals surface area contributed by atoms with E-state index in [-0.39, 0.29) is 44.2 Å². The number of anilines is 1. The predicted octanol–water partition coefficient (Wildman–Crippen LogP) is 7.72. The minimum atomic E-state index is -0.953. The Hall–Kier alpha value is -3.68. The Morgan fingerprint density at radius 3 is 2.02 bits per heavy atom. The number of hydrogen-bond donors (Lipinski definition) is 1. The zero-order valence-electron chi connectivity index (χ0n) is 24.0. The molecule has 41 heavy (non-hydrogen) atoms. The maximum atomic E-state index is 13.7. The molecule has 3 aromatic carbocycles. The Kier molecular flexibility index (Phi) is 8.62. The van der Waals surface area contributed by atoms with E-state index in [0.717, 1.165) is 5.56 Å². The van der Waals surface area contributed by atoms with Crippen LogP contribution in [-0.4, -0.2) is 37.1 Å². The number of hydrogen-bond acceptors (Lipinski definition) is 6. The molecule has 1 aliphatic heterocycles. The molecule has 1 saturated heterocycles. The van der Waals surface area contributed by atoms with Gasteiger partial charge in [0.25, 0.3) is 11.7 Å². The number of methoxy groups -OCH3 is 2. The summed E-state index contributed by atoms with van der Waals surface area (Å²) in [4.78, 5) is 28.6. The van der Waals surface area contributed by atoms with Crippen LogP contribution in [0.15, 0.2) is 60.2 Å². The summed E-state index contributed by atoms with van der Waals surface area (Å²) in [6.45, 7) is 10.1. The van der Waals surface area contributed by atoms with Gasteiger partial charge in [-0.25, -0.2) is 0 Å². The monoisotopic (exact) mass is 597 g/mol. The molecular weight excluding hydrogens is 565 g/mol. The standard InChI is InChI=1S/C32H33Cl2NO6/c1-17(2)41-21-14-12-20(13-15-21)35-26(18-8-10-19(11-9-18)32(3,4)5)24(28(37)31(35)38)27(36)22-16-23(33)30(40-7)25(34)29(22)39-6/h8-17,26,36H,1-7H3/b27-24+. The highest BCUT2D eigenvalue weighted by atomic mass is 35.5. The Morgan fingerprint density at radius 1 is 0.927 bits per heavy atom. The van der Waals surface area contributed by atoms with Crippen LogP contribution in [0.3, 0.4) is 0 Å². The number of Topliss-reactive ketones (excluding diaryl/α,β-unsaturated/α-hetero) is 1. The first kappa shape index (κ1) is 30.3. The lowest BCUT2D eigenvalue weighted by atomic mass is 9.85. The highest BCUT2D eigenvalue weighted by Crippen LogP contribution is 2.48. The molecule has 1 atom stereocenters. The second kappa shape index (κ2) is 11.7. The van der Waals surface area contributed by atoms with Gasteiger partial charge < -0.3 is 19.3 Å². The first-order valence-corrected chi connectivity index (χ1v) is 13.8. The van der Waals surface area contributed by atoms with Gasteiger partial charge in [0.2, 0.25) is 0 Å². The van der Waals surface area contributed by atoms with Crippen LogP contribution in [0.5, 0.6) is 17.2 Å². The van der Waals surface area contributed by atoms with Crippen molar-refractivity contribution in [3.05, 3.63) is 86.9 Å². The summed E-state index contributed by atoms with van der Waals surface area (Å²) in [5, 5.41) is 11.8. The van der Waals surface area contributed by atoms with Crippen LogP contribution in [-0.2, 0) is 15.0 Å². The number of carbonyl (C=O) groups is 2. The molecule has 0 radical (unpaired) electrons. The molecule has 1 fully saturated rings. The lowest BCUT2D eigenvalue weighted by Gasteiger charge is -2.27. The molecule has 0 spiro atoms. The van der Waals surface area contributed by atoms with Crippen molar-refractivity contribution in [2.24, 2.45) is 0 Å². The summed E-state index contributed by atoms with van der Waals surface area (Å²) >= 11 is 12.9. The average Bonchev–Trinajstić information content (AvgIpc) is 3.18. The lowest BCUT2D eigenvalue weighted by molar-refractivity contribution is -0.132. The van der Waals surface area contributed by atoms with Gasteiger partial charge in [-0.3, -0.25) is 14.5 Å². The topological polar surface area (TPSA) is 85.3 Å². The summed E-state index contributed by atoms with van der Waals surface area (Å²) in [5.41, 5.74) is 1.98. The molecule has 7 nitrogen and oxygen atoms in total. The summed E-state index contributed by atoms with van der Waals surface area (Å²) in [6.07, 6.45) is -0.0328. The number of halogens is 2. The third kappa shape index (κ3) is 5.74. The predicted molar refractivity (Wildman–Crippen MR) is 162 cm³/mol. The first-order valence-electron chi connectivity index (χ1n) is 13.1. The van der Waals surface area contributed by atoms with Crippen molar-refractivity contribution < 1.29 is 28.9 Å². The largest absolute Gasteiger partial charge is 0.507 e.